The topological polar surface area (TPSA) is 69.2 Å². The summed E-state index contributed by atoms with van der Waals surface area (Å²) in [6, 6.07) is 0. The second kappa shape index (κ2) is 4.40. The molecule has 1 unspecified atom stereocenters. The quantitative estimate of drug-likeness (QED) is 0.623. The van der Waals surface area contributed by atoms with Crippen LogP contribution in [0.3, 0.4) is 0 Å². The number of alkyl halides is 1. The molecule has 0 aliphatic heterocycles. The zero-order valence-electron chi connectivity index (χ0n) is 7.94. The molecular weight excluding hydrogens is 291 g/mol. The molecule has 15 heavy (non-hydrogen) atoms. The Labute approximate surface area is 94.9 Å². The first kappa shape index (κ1) is 12.3. The van der Waals surface area contributed by atoms with Crippen LogP contribution in [0.25, 0.3) is 0 Å². The van der Waals surface area contributed by atoms with Gasteiger partial charge >= 0.3 is 10.1 Å². The monoisotopic (exact) mass is 298 g/mol. The van der Waals surface area contributed by atoms with E-state index in [1.54, 1.807) is 6.92 Å². The van der Waals surface area contributed by atoms with E-state index in [1.165, 1.54) is 0 Å². The van der Waals surface area contributed by atoms with Gasteiger partial charge in [0.2, 0.25) is 5.82 Å². The van der Waals surface area contributed by atoms with Crippen molar-refractivity contribution in [1.82, 2.24) is 9.97 Å². The van der Waals surface area contributed by atoms with E-state index in [2.05, 4.69) is 30.1 Å². The molecule has 0 aliphatic carbocycles. The molecule has 0 aromatic carbocycles. The van der Waals surface area contributed by atoms with E-state index in [0.29, 0.717) is 0 Å². The molecule has 0 radical (unpaired) electrons. The number of aromatic nitrogens is 2. The van der Waals surface area contributed by atoms with Gasteiger partial charge in [0.25, 0.3) is 5.88 Å². The highest BCUT2D eigenvalue weighted by Crippen LogP contribution is 2.26. The van der Waals surface area contributed by atoms with Gasteiger partial charge in [0.05, 0.1) is 16.8 Å². The van der Waals surface area contributed by atoms with Crippen molar-refractivity contribution >= 4 is 26.0 Å². The first-order valence-corrected chi connectivity index (χ1v) is 6.58. The summed E-state index contributed by atoms with van der Waals surface area (Å²) in [4.78, 5) is 6.70. The molecule has 1 rings (SSSR count). The van der Waals surface area contributed by atoms with E-state index >= 15 is 0 Å². The van der Waals surface area contributed by atoms with Crippen molar-refractivity contribution < 1.29 is 17.0 Å². The van der Waals surface area contributed by atoms with Crippen molar-refractivity contribution in [3.63, 3.8) is 0 Å². The second-order valence-electron chi connectivity index (χ2n) is 2.78. The Bertz CT molecular complexity index is 463. The summed E-state index contributed by atoms with van der Waals surface area (Å²) in [5.74, 6) is -1.47. The van der Waals surface area contributed by atoms with E-state index < -0.39 is 21.8 Å². The summed E-state index contributed by atoms with van der Waals surface area (Å²) in [7, 11) is -3.79. The highest BCUT2D eigenvalue weighted by atomic mass is 79.9. The molecule has 0 spiro atoms. The third-order valence-electron chi connectivity index (χ3n) is 1.39. The fourth-order valence-corrected chi connectivity index (χ4v) is 1.57. The third-order valence-corrected chi connectivity index (χ3v) is 2.29. The minimum atomic E-state index is -3.79. The predicted molar refractivity (Wildman–Crippen MR) is 54.8 cm³/mol. The number of nitrogens with zero attached hydrogens (tertiary/aromatic N) is 2. The Morgan fingerprint density at radius 3 is 2.60 bits per heavy atom. The van der Waals surface area contributed by atoms with Crippen LogP contribution in [-0.2, 0) is 10.1 Å². The van der Waals surface area contributed by atoms with E-state index in [0.717, 1.165) is 12.6 Å². The Morgan fingerprint density at radius 1 is 1.53 bits per heavy atom. The summed E-state index contributed by atoms with van der Waals surface area (Å²) >= 11 is 3.11. The lowest BCUT2D eigenvalue weighted by molar-refractivity contribution is 0.446. The van der Waals surface area contributed by atoms with Gasteiger partial charge in [-0.3, -0.25) is 0 Å². The first-order valence-electron chi connectivity index (χ1n) is 3.85. The van der Waals surface area contributed by atoms with Crippen molar-refractivity contribution in [3.8, 4) is 5.88 Å². The zero-order valence-corrected chi connectivity index (χ0v) is 10.3. The Kier molecular flexibility index (Phi) is 3.61. The van der Waals surface area contributed by atoms with E-state index in [9.17, 15) is 12.8 Å². The maximum Gasteiger partial charge on any atom is 0.307 e. The normalized spacial score (nSPS) is 13.6. The van der Waals surface area contributed by atoms with Gasteiger partial charge in [-0.15, -0.1) is 0 Å². The molecule has 0 fully saturated rings. The van der Waals surface area contributed by atoms with Gasteiger partial charge in [0.1, 0.15) is 6.33 Å². The average Bonchev–Trinajstić information content (AvgIpc) is 2.05. The highest BCUT2D eigenvalue weighted by Gasteiger charge is 2.18. The van der Waals surface area contributed by atoms with Crippen molar-refractivity contribution in [2.45, 2.75) is 11.8 Å². The number of hydrogen-bond acceptors (Lipinski definition) is 5. The van der Waals surface area contributed by atoms with Crippen molar-refractivity contribution in [3.05, 3.63) is 17.8 Å². The van der Waals surface area contributed by atoms with Crippen molar-refractivity contribution in [2.24, 2.45) is 0 Å². The largest absolute Gasteiger partial charge is 0.358 e. The lowest BCUT2D eigenvalue weighted by Crippen LogP contribution is -2.10. The summed E-state index contributed by atoms with van der Waals surface area (Å²) in [5.41, 5.74) is 0.0450. The minimum absolute atomic E-state index is 0.0450. The Hall–Kier alpha value is -0.760. The minimum Gasteiger partial charge on any atom is -0.358 e. The molecule has 0 saturated carbocycles. The van der Waals surface area contributed by atoms with Crippen LogP contribution in [0.4, 0.5) is 4.39 Å². The summed E-state index contributed by atoms with van der Waals surface area (Å²) < 4.78 is 39.4. The van der Waals surface area contributed by atoms with Gasteiger partial charge in [-0.1, -0.05) is 15.9 Å². The molecule has 84 valence electrons. The number of halogens is 2. The van der Waals surface area contributed by atoms with E-state index in [1.807, 2.05) is 0 Å². The van der Waals surface area contributed by atoms with E-state index in [-0.39, 0.29) is 10.5 Å². The molecule has 0 bridgehead atoms. The molecule has 1 aromatic rings. The summed E-state index contributed by atoms with van der Waals surface area (Å²) in [6.45, 7) is 1.65. The fourth-order valence-electron chi connectivity index (χ4n) is 0.845. The molecule has 1 heterocycles. The van der Waals surface area contributed by atoms with Crippen molar-refractivity contribution in [2.75, 3.05) is 6.26 Å². The molecule has 0 N–H and O–H groups in total. The van der Waals surface area contributed by atoms with Crippen LogP contribution in [0.15, 0.2) is 6.33 Å². The average molecular weight is 299 g/mol. The molecule has 8 heteroatoms. The molecule has 5 nitrogen and oxygen atoms in total. The highest BCUT2D eigenvalue weighted by molar-refractivity contribution is 9.09. The SMILES string of the molecule is CC(Br)c1ncnc(OS(C)(=O)=O)c1F. The fraction of sp³-hybridized carbons (Fsp3) is 0.429. The van der Waals surface area contributed by atoms with Crippen LogP contribution in [0.1, 0.15) is 17.4 Å². The standard InChI is InChI=1S/C7H8BrFN2O3S/c1-4(8)6-5(9)7(11-3-10-6)14-15(2,12)13/h3-4H,1-2H3. The first-order chi connectivity index (χ1) is 6.81. The van der Waals surface area contributed by atoms with Gasteiger partial charge in [-0.25, -0.2) is 4.98 Å². The predicted octanol–water partition coefficient (Wildman–Crippen LogP) is 1.41. The lowest BCUT2D eigenvalue weighted by Gasteiger charge is -2.07. The van der Waals surface area contributed by atoms with Crippen LogP contribution in [0, 0.1) is 5.82 Å². The molecular formula is C7H8BrFN2O3S. The van der Waals surface area contributed by atoms with Crippen LogP contribution >= 0.6 is 15.9 Å². The van der Waals surface area contributed by atoms with Crippen LogP contribution in [-0.4, -0.2) is 24.6 Å². The Morgan fingerprint density at radius 2 is 2.13 bits per heavy atom. The number of hydrogen-bond donors (Lipinski definition) is 0. The smallest absolute Gasteiger partial charge is 0.307 e. The van der Waals surface area contributed by atoms with Gasteiger partial charge in [0, 0.05) is 0 Å². The Balaban J connectivity index is 3.16. The van der Waals surface area contributed by atoms with Gasteiger partial charge in [0.15, 0.2) is 0 Å². The number of rotatable bonds is 3. The molecule has 1 atom stereocenters. The van der Waals surface area contributed by atoms with Crippen LogP contribution < -0.4 is 4.18 Å². The van der Waals surface area contributed by atoms with E-state index in [4.69, 9.17) is 0 Å². The van der Waals surface area contributed by atoms with Gasteiger partial charge < -0.3 is 4.18 Å². The summed E-state index contributed by atoms with van der Waals surface area (Å²) in [5, 5.41) is 0. The van der Waals surface area contributed by atoms with Gasteiger partial charge in [-0.05, 0) is 6.92 Å². The van der Waals surface area contributed by atoms with Crippen LogP contribution in [0.5, 0.6) is 5.88 Å². The maximum atomic E-state index is 13.5. The second-order valence-corrected chi connectivity index (χ2v) is 5.73. The third kappa shape index (κ3) is 3.38. The maximum absolute atomic E-state index is 13.5. The zero-order chi connectivity index (χ0) is 11.6. The summed E-state index contributed by atoms with van der Waals surface area (Å²) in [6.07, 6.45) is 1.85. The molecule has 1 aromatic heterocycles. The van der Waals surface area contributed by atoms with Crippen molar-refractivity contribution in [1.29, 1.82) is 0 Å². The molecule has 0 saturated heterocycles. The molecule has 0 amide bonds. The van der Waals surface area contributed by atoms with Gasteiger partial charge in [-0.2, -0.15) is 17.8 Å². The van der Waals surface area contributed by atoms with Crippen LogP contribution in [0.2, 0.25) is 0 Å². The lowest BCUT2D eigenvalue weighted by atomic mass is 10.3. The molecule has 0 aliphatic rings.